The molecule has 1 rings (SSSR count). The van der Waals surface area contributed by atoms with Gasteiger partial charge >= 0.3 is 27.0 Å². The predicted molar refractivity (Wildman–Crippen MR) is 54.7 cm³/mol. The molecule has 0 fully saturated rings. The van der Waals surface area contributed by atoms with Crippen molar-refractivity contribution in [2.24, 2.45) is 0 Å². The Morgan fingerprint density at radius 2 is 1.68 bits per heavy atom. The van der Waals surface area contributed by atoms with Gasteiger partial charge in [-0.15, -0.1) is 3.53 Å². The fourth-order valence-corrected chi connectivity index (χ4v) is 2.06. The topological polar surface area (TPSA) is 86.3 Å². The third kappa shape index (κ3) is 8.77. The van der Waals surface area contributed by atoms with E-state index in [4.69, 9.17) is 13.0 Å². The molecule has 0 saturated carbocycles. The lowest BCUT2D eigenvalue weighted by Crippen LogP contribution is -3.68. The lowest BCUT2D eigenvalue weighted by molar-refractivity contribution is -0.672. The van der Waals surface area contributed by atoms with E-state index in [1.165, 1.54) is 3.57 Å². The summed E-state index contributed by atoms with van der Waals surface area (Å²) in [7, 11) is -6.09. The summed E-state index contributed by atoms with van der Waals surface area (Å²) >= 11 is -0.313. The lowest BCUT2D eigenvalue weighted by atomic mass is 10.4. The largest absolute Gasteiger partial charge is 0.741 e. The lowest BCUT2D eigenvalue weighted by Gasteiger charge is -2.08. The second-order valence-corrected chi connectivity index (χ2v) is 6.64. The minimum Gasteiger partial charge on any atom is -0.741 e. The van der Waals surface area contributed by atoms with Crippen LogP contribution in [-0.2, 0) is 14.9 Å². The van der Waals surface area contributed by atoms with Crippen molar-refractivity contribution in [1.82, 2.24) is 3.53 Å². The molecule has 0 aliphatic heterocycles. The Balaban J connectivity index is 0.000000362. The van der Waals surface area contributed by atoms with Crippen LogP contribution < -0.4 is 25.0 Å². The van der Waals surface area contributed by atoms with E-state index in [0.717, 1.165) is 0 Å². The molecule has 0 aliphatic carbocycles. The van der Waals surface area contributed by atoms with Gasteiger partial charge in [-0.3, -0.25) is 4.79 Å². The average molecular weight is 411 g/mol. The first kappa shape index (κ1) is 18.1. The molecule has 1 aromatic rings. The third-order valence-corrected chi connectivity index (χ3v) is 4.24. The summed E-state index contributed by atoms with van der Waals surface area (Å²) in [6, 6.07) is 10.0. The third-order valence-electron chi connectivity index (χ3n) is 1.31. The second kappa shape index (κ2) is 7.65. The van der Waals surface area contributed by atoms with E-state index < -0.39 is 15.6 Å². The van der Waals surface area contributed by atoms with Crippen molar-refractivity contribution in [2.75, 3.05) is 0 Å². The normalized spacial score (nSPS) is 11.2. The zero-order valence-corrected chi connectivity index (χ0v) is 12.4. The van der Waals surface area contributed by atoms with Gasteiger partial charge in [0.1, 0.15) is 0 Å². The number of halogens is 4. The first-order chi connectivity index (χ1) is 8.54. The number of hydrogen-bond donors (Lipinski definition) is 1. The second-order valence-electron chi connectivity index (χ2n) is 2.94. The molecular weight excluding hydrogens is 402 g/mol. The van der Waals surface area contributed by atoms with Crippen molar-refractivity contribution in [3.8, 4) is 0 Å². The van der Waals surface area contributed by atoms with E-state index in [1.54, 1.807) is 6.92 Å². The molecule has 0 radical (unpaired) electrons. The van der Waals surface area contributed by atoms with Crippen molar-refractivity contribution in [1.29, 1.82) is 0 Å². The summed E-state index contributed by atoms with van der Waals surface area (Å²) in [6.45, 7) is 1.54. The van der Waals surface area contributed by atoms with Crippen LogP contribution in [0.5, 0.6) is 0 Å². The Kier molecular flexibility index (Phi) is 7.29. The smallest absolute Gasteiger partial charge is 0.485 e. The number of nitrogens with one attached hydrogen (secondary N) is 1. The quantitative estimate of drug-likeness (QED) is 0.265. The number of alkyl halides is 3. The Bertz CT molecular complexity index is 504. The molecule has 5 nitrogen and oxygen atoms in total. The van der Waals surface area contributed by atoms with Crippen LogP contribution in [0.2, 0.25) is 0 Å². The Morgan fingerprint density at radius 3 is 2.00 bits per heavy atom. The molecule has 19 heavy (non-hydrogen) atoms. The molecule has 1 N–H and O–H groups in total. The van der Waals surface area contributed by atoms with E-state index in [1.807, 2.05) is 30.3 Å². The molecule has 0 heterocycles. The van der Waals surface area contributed by atoms with E-state index in [9.17, 15) is 18.0 Å². The average Bonchev–Trinajstić information content (AvgIpc) is 2.26. The molecule has 0 bridgehead atoms. The van der Waals surface area contributed by atoms with Crippen LogP contribution in [0.25, 0.3) is 0 Å². The van der Waals surface area contributed by atoms with Gasteiger partial charge in [0, 0.05) is 6.92 Å². The van der Waals surface area contributed by atoms with Gasteiger partial charge in [0.05, 0.1) is 0 Å². The standard InChI is InChI=1S/C8H8INO.CHF3O3S/c1-7(11)10-9-8-5-3-2-4-6-8;2-1(3,4)8(5,6)7/h2-6H,1H3;(H,5,6,7). The van der Waals surface area contributed by atoms with Gasteiger partial charge in [-0.1, -0.05) is 18.2 Å². The molecular formula is C9H9F3INO4S. The highest BCUT2D eigenvalue weighted by atomic mass is 127. The molecule has 1 aromatic carbocycles. The summed E-state index contributed by atoms with van der Waals surface area (Å²) in [5.41, 5.74) is -5.65. The maximum Gasteiger partial charge on any atom is 0.485 e. The maximum absolute atomic E-state index is 10.7. The number of hydrogen-bond acceptors (Lipinski definition) is 4. The monoisotopic (exact) mass is 411 g/mol. The number of rotatable bonds is 2. The highest BCUT2D eigenvalue weighted by Gasteiger charge is 2.36. The summed E-state index contributed by atoms with van der Waals surface area (Å²) < 4.78 is 63.0. The minimum atomic E-state index is -6.09. The molecule has 108 valence electrons. The van der Waals surface area contributed by atoms with Crippen molar-refractivity contribution < 1.29 is 52.4 Å². The minimum absolute atomic E-state index is 0.0571. The van der Waals surface area contributed by atoms with E-state index in [0.29, 0.717) is 0 Å². The number of carbonyl (C=O) groups excluding carboxylic acids is 1. The van der Waals surface area contributed by atoms with E-state index in [2.05, 4.69) is 3.53 Å². The Hall–Kier alpha value is -0.880. The molecule has 0 atom stereocenters. The maximum atomic E-state index is 10.7. The van der Waals surface area contributed by atoms with Gasteiger partial charge in [-0.05, 0) is 12.1 Å². The van der Waals surface area contributed by atoms with Crippen molar-refractivity contribution in [3.63, 3.8) is 0 Å². The van der Waals surface area contributed by atoms with Crippen LogP contribution in [0.15, 0.2) is 30.3 Å². The highest BCUT2D eigenvalue weighted by molar-refractivity contribution is 7.86. The summed E-state index contributed by atoms with van der Waals surface area (Å²) in [5.74, 6) is 0.0571. The summed E-state index contributed by atoms with van der Waals surface area (Å²) in [6.07, 6.45) is 0. The zero-order chi connectivity index (χ0) is 15.1. The number of benzene rings is 1. The Morgan fingerprint density at radius 1 is 1.26 bits per heavy atom. The van der Waals surface area contributed by atoms with Crippen LogP contribution in [0.1, 0.15) is 6.92 Å². The van der Waals surface area contributed by atoms with E-state index >= 15 is 0 Å². The molecule has 1 amide bonds. The fourth-order valence-electron chi connectivity index (χ4n) is 0.599. The summed E-state index contributed by atoms with van der Waals surface area (Å²) in [4.78, 5) is 10.5. The molecule has 0 aliphatic rings. The van der Waals surface area contributed by atoms with E-state index in [-0.39, 0.29) is 27.4 Å². The number of amides is 1. The molecule has 10 heteroatoms. The molecule has 0 saturated heterocycles. The molecule has 0 unspecified atom stereocenters. The van der Waals surface area contributed by atoms with Gasteiger partial charge in [-0.2, -0.15) is 13.2 Å². The van der Waals surface area contributed by atoms with Crippen LogP contribution in [0.3, 0.4) is 0 Å². The van der Waals surface area contributed by atoms with Crippen LogP contribution in [0.4, 0.5) is 13.2 Å². The Labute approximate surface area is 118 Å². The van der Waals surface area contributed by atoms with Crippen LogP contribution in [-0.4, -0.2) is 24.4 Å². The summed E-state index contributed by atoms with van der Waals surface area (Å²) in [5, 5.41) is 0. The predicted octanol–water partition coefficient (Wildman–Crippen LogP) is -1.95. The molecule has 0 spiro atoms. The number of carbonyl (C=O) groups is 1. The van der Waals surface area contributed by atoms with Crippen molar-refractivity contribution in [2.45, 2.75) is 12.4 Å². The van der Waals surface area contributed by atoms with Crippen LogP contribution in [0, 0.1) is 3.57 Å². The zero-order valence-electron chi connectivity index (χ0n) is 9.44. The first-order valence-electron chi connectivity index (χ1n) is 4.51. The van der Waals surface area contributed by atoms with Crippen molar-refractivity contribution in [3.05, 3.63) is 33.9 Å². The molecule has 0 aromatic heterocycles. The first-order valence-corrected chi connectivity index (χ1v) is 8.08. The van der Waals surface area contributed by atoms with Gasteiger partial charge in [0.2, 0.25) is 3.57 Å². The SMILES string of the molecule is CC(=O)N[I+]c1ccccc1.O=S(=O)([O-])C(F)(F)F. The van der Waals surface area contributed by atoms with Gasteiger partial charge < -0.3 is 4.55 Å². The van der Waals surface area contributed by atoms with Crippen molar-refractivity contribution >= 4 is 16.0 Å². The van der Waals surface area contributed by atoms with Crippen LogP contribution >= 0.6 is 0 Å². The highest BCUT2D eigenvalue weighted by Crippen LogP contribution is 2.20. The van der Waals surface area contributed by atoms with Gasteiger partial charge in [-0.25, -0.2) is 8.42 Å². The fraction of sp³-hybridized carbons (Fsp3) is 0.222. The van der Waals surface area contributed by atoms with Gasteiger partial charge in [0.15, 0.2) is 10.1 Å². The van der Waals surface area contributed by atoms with Gasteiger partial charge in [0.25, 0.3) is 5.91 Å².